The third-order valence-electron chi connectivity index (χ3n) is 4.47. The fourth-order valence-corrected chi connectivity index (χ4v) is 2.52. The van der Waals surface area contributed by atoms with Gasteiger partial charge in [-0.3, -0.25) is 4.79 Å². The Morgan fingerprint density at radius 2 is 2.19 bits per heavy atom. The summed E-state index contributed by atoms with van der Waals surface area (Å²) in [6.07, 6.45) is 3.96. The minimum Gasteiger partial charge on any atom is -0.376 e. The highest BCUT2D eigenvalue weighted by atomic mass is 16.5. The van der Waals surface area contributed by atoms with E-state index in [0.29, 0.717) is 6.54 Å². The molecule has 16 heavy (non-hydrogen) atoms. The lowest BCUT2D eigenvalue weighted by Gasteiger charge is -2.42. The molecule has 0 radical (unpaired) electrons. The van der Waals surface area contributed by atoms with Gasteiger partial charge in [0.15, 0.2) is 0 Å². The van der Waals surface area contributed by atoms with Crippen LogP contribution in [0.5, 0.6) is 0 Å². The lowest BCUT2D eigenvalue weighted by Crippen LogP contribution is -2.58. The lowest BCUT2D eigenvalue weighted by atomic mass is 9.67. The normalized spacial score (nSPS) is 36.8. The van der Waals surface area contributed by atoms with Crippen molar-refractivity contribution in [3.05, 3.63) is 0 Å². The number of nitrogens with one attached hydrogen (secondary N) is 1. The Balaban J connectivity index is 2.01. The van der Waals surface area contributed by atoms with Crippen molar-refractivity contribution in [2.75, 3.05) is 13.2 Å². The van der Waals surface area contributed by atoms with Gasteiger partial charge in [0.2, 0.25) is 5.91 Å². The molecule has 1 heterocycles. The first-order valence-corrected chi connectivity index (χ1v) is 6.17. The largest absolute Gasteiger partial charge is 0.376 e. The summed E-state index contributed by atoms with van der Waals surface area (Å²) in [6, 6.07) is 0. The van der Waals surface area contributed by atoms with Gasteiger partial charge in [0.05, 0.1) is 17.1 Å². The maximum absolute atomic E-state index is 12.2. The summed E-state index contributed by atoms with van der Waals surface area (Å²) in [4.78, 5) is 12.2. The molecule has 2 unspecified atom stereocenters. The van der Waals surface area contributed by atoms with Gasteiger partial charge in [-0.2, -0.15) is 0 Å². The van der Waals surface area contributed by atoms with E-state index in [2.05, 4.69) is 12.2 Å². The van der Waals surface area contributed by atoms with Crippen molar-refractivity contribution in [1.29, 1.82) is 0 Å². The Labute approximate surface area is 96.9 Å². The van der Waals surface area contributed by atoms with Crippen molar-refractivity contribution in [3.8, 4) is 0 Å². The zero-order valence-corrected chi connectivity index (χ0v) is 10.2. The zero-order valence-electron chi connectivity index (χ0n) is 10.2. The molecular formula is C12H22N2O2. The van der Waals surface area contributed by atoms with Crippen molar-refractivity contribution >= 4 is 5.91 Å². The molecule has 2 fully saturated rings. The Bertz CT molecular complexity index is 283. The number of carbonyl (C=O) groups is 1. The second-order valence-corrected chi connectivity index (χ2v) is 5.47. The van der Waals surface area contributed by atoms with E-state index in [1.807, 2.05) is 6.92 Å². The molecule has 2 aliphatic rings. The van der Waals surface area contributed by atoms with Crippen molar-refractivity contribution < 1.29 is 9.53 Å². The molecule has 0 spiro atoms. The van der Waals surface area contributed by atoms with Crippen molar-refractivity contribution in [2.24, 2.45) is 11.1 Å². The molecule has 1 aliphatic heterocycles. The first kappa shape index (κ1) is 11.9. The second-order valence-electron chi connectivity index (χ2n) is 5.47. The highest BCUT2D eigenvalue weighted by Gasteiger charge is 2.47. The Hall–Kier alpha value is -0.610. The average molecular weight is 226 g/mol. The maximum Gasteiger partial charge on any atom is 0.228 e. The van der Waals surface area contributed by atoms with Crippen LogP contribution in [0.15, 0.2) is 0 Å². The van der Waals surface area contributed by atoms with E-state index in [4.69, 9.17) is 10.5 Å². The van der Waals surface area contributed by atoms with E-state index in [-0.39, 0.29) is 23.0 Å². The van der Waals surface area contributed by atoms with E-state index in [0.717, 1.165) is 32.3 Å². The number of amides is 1. The van der Waals surface area contributed by atoms with Gasteiger partial charge in [-0.1, -0.05) is 6.42 Å². The summed E-state index contributed by atoms with van der Waals surface area (Å²) < 4.78 is 5.52. The summed E-state index contributed by atoms with van der Waals surface area (Å²) in [7, 11) is 0. The second kappa shape index (κ2) is 4.00. The average Bonchev–Trinajstić information content (AvgIpc) is 2.45. The Morgan fingerprint density at radius 3 is 2.56 bits per heavy atom. The van der Waals surface area contributed by atoms with Crippen LogP contribution < -0.4 is 11.1 Å². The van der Waals surface area contributed by atoms with Crippen molar-refractivity contribution in [1.82, 2.24) is 5.32 Å². The number of carbonyl (C=O) groups excluding carboxylic acids is 1. The van der Waals surface area contributed by atoms with Gasteiger partial charge >= 0.3 is 0 Å². The SMILES string of the molecule is CC1OCCC1(C)NC(=O)C1(CN)CCC1. The van der Waals surface area contributed by atoms with Crippen LogP contribution in [0.2, 0.25) is 0 Å². The molecule has 4 nitrogen and oxygen atoms in total. The number of hydrogen-bond donors (Lipinski definition) is 2. The highest BCUT2D eigenvalue weighted by Crippen LogP contribution is 2.41. The molecule has 1 saturated carbocycles. The van der Waals surface area contributed by atoms with Crippen LogP contribution in [0.4, 0.5) is 0 Å². The molecule has 3 N–H and O–H groups in total. The van der Waals surface area contributed by atoms with Crippen LogP contribution in [-0.4, -0.2) is 30.7 Å². The summed E-state index contributed by atoms with van der Waals surface area (Å²) in [5.74, 6) is 0.126. The summed E-state index contributed by atoms with van der Waals surface area (Å²) in [5.41, 5.74) is 5.23. The zero-order chi connectivity index (χ0) is 11.8. The van der Waals surface area contributed by atoms with E-state index < -0.39 is 0 Å². The van der Waals surface area contributed by atoms with E-state index in [1.165, 1.54) is 0 Å². The van der Waals surface area contributed by atoms with Gasteiger partial charge in [-0.25, -0.2) is 0 Å². The number of nitrogens with two attached hydrogens (primary N) is 1. The van der Waals surface area contributed by atoms with E-state index in [9.17, 15) is 4.79 Å². The molecule has 0 aromatic heterocycles. The molecule has 2 rings (SSSR count). The summed E-state index contributed by atoms with van der Waals surface area (Å²) in [5, 5.41) is 3.15. The topological polar surface area (TPSA) is 64.3 Å². The third kappa shape index (κ3) is 1.74. The lowest BCUT2D eigenvalue weighted by molar-refractivity contribution is -0.137. The minimum atomic E-state index is -0.286. The molecular weight excluding hydrogens is 204 g/mol. The van der Waals surface area contributed by atoms with Crippen LogP contribution in [0.25, 0.3) is 0 Å². The Morgan fingerprint density at radius 1 is 1.50 bits per heavy atom. The molecule has 1 aliphatic carbocycles. The molecule has 1 amide bonds. The fraction of sp³-hybridized carbons (Fsp3) is 0.917. The molecule has 0 bridgehead atoms. The Kier molecular flexibility index (Phi) is 2.97. The van der Waals surface area contributed by atoms with Gasteiger partial charge in [-0.15, -0.1) is 0 Å². The van der Waals surface area contributed by atoms with Crippen LogP contribution in [0, 0.1) is 5.41 Å². The van der Waals surface area contributed by atoms with Crippen LogP contribution in [0.1, 0.15) is 39.5 Å². The van der Waals surface area contributed by atoms with Gasteiger partial charge in [0.25, 0.3) is 0 Å². The van der Waals surface area contributed by atoms with Crippen LogP contribution in [-0.2, 0) is 9.53 Å². The molecule has 2 atom stereocenters. The molecule has 0 aromatic rings. The standard InChI is InChI=1S/C12H22N2O2/c1-9-11(2,6-7-16-9)14-10(15)12(8-13)4-3-5-12/h9H,3-8,13H2,1-2H3,(H,14,15). The van der Waals surface area contributed by atoms with Crippen LogP contribution >= 0.6 is 0 Å². The fourth-order valence-electron chi connectivity index (χ4n) is 2.52. The molecule has 92 valence electrons. The number of rotatable bonds is 3. The minimum absolute atomic E-state index is 0.0892. The summed E-state index contributed by atoms with van der Waals surface area (Å²) >= 11 is 0. The van der Waals surface area contributed by atoms with Crippen molar-refractivity contribution in [2.45, 2.75) is 51.2 Å². The predicted molar refractivity (Wildman–Crippen MR) is 61.9 cm³/mol. The van der Waals surface area contributed by atoms with E-state index in [1.54, 1.807) is 0 Å². The van der Waals surface area contributed by atoms with Gasteiger partial charge in [0.1, 0.15) is 0 Å². The molecule has 1 saturated heterocycles. The van der Waals surface area contributed by atoms with Gasteiger partial charge in [0, 0.05) is 13.2 Å². The molecule has 4 heteroatoms. The number of ether oxygens (including phenoxy) is 1. The predicted octanol–water partition coefficient (Wildman–Crippen LogP) is 0.799. The van der Waals surface area contributed by atoms with Crippen LogP contribution in [0.3, 0.4) is 0 Å². The van der Waals surface area contributed by atoms with Crippen molar-refractivity contribution in [3.63, 3.8) is 0 Å². The third-order valence-corrected chi connectivity index (χ3v) is 4.47. The molecule has 0 aromatic carbocycles. The van der Waals surface area contributed by atoms with E-state index >= 15 is 0 Å². The quantitative estimate of drug-likeness (QED) is 0.748. The number of hydrogen-bond acceptors (Lipinski definition) is 3. The monoisotopic (exact) mass is 226 g/mol. The van der Waals surface area contributed by atoms with Gasteiger partial charge < -0.3 is 15.8 Å². The maximum atomic E-state index is 12.2. The smallest absolute Gasteiger partial charge is 0.228 e. The van der Waals surface area contributed by atoms with Gasteiger partial charge in [-0.05, 0) is 33.1 Å². The first-order chi connectivity index (χ1) is 7.52. The first-order valence-electron chi connectivity index (χ1n) is 6.17. The highest BCUT2D eigenvalue weighted by molar-refractivity contribution is 5.84. The summed E-state index contributed by atoms with van der Waals surface area (Å²) in [6.45, 7) is 5.27.